The van der Waals surface area contributed by atoms with E-state index < -0.39 is 0 Å². The molecule has 6 heteroatoms. The molecule has 0 aromatic carbocycles. The lowest BCUT2D eigenvalue weighted by Gasteiger charge is -2.31. The van der Waals surface area contributed by atoms with Crippen LogP contribution < -0.4 is 0 Å². The van der Waals surface area contributed by atoms with Crippen molar-refractivity contribution in [2.24, 2.45) is 0 Å². The van der Waals surface area contributed by atoms with E-state index in [1.165, 1.54) is 34.7 Å². The van der Waals surface area contributed by atoms with Crippen molar-refractivity contribution >= 4 is 17.2 Å². The summed E-state index contributed by atoms with van der Waals surface area (Å²) < 4.78 is 2.37. The van der Waals surface area contributed by atoms with E-state index in [1.54, 1.807) is 0 Å². The second-order valence-corrected chi connectivity index (χ2v) is 8.17. The third-order valence-corrected chi connectivity index (χ3v) is 6.50. The molecule has 126 valence electrons. The molecule has 2 aromatic rings. The Morgan fingerprint density at radius 3 is 3.04 bits per heavy atom. The van der Waals surface area contributed by atoms with Crippen LogP contribution in [-0.2, 0) is 30.7 Å². The van der Waals surface area contributed by atoms with E-state index in [0.717, 1.165) is 39.0 Å². The van der Waals surface area contributed by atoms with Crippen molar-refractivity contribution in [1.29, 1.82) is 0 Å². The average molecular weight is 342 g/mol. The van der Waals surface area contributed by atoms with Gasteiger partial charge in [0.1, 0.15) is 0 Å². The number of imidazole rings is 1. The van der Waals surface area contributed by atoms with Crippen LogP contribution in [0.5, 0.6) is 0 Å². The molecular formula is C18H22N4OS. The van der Waals surface area contributed by atoms with Crippen molar-refractivity contribution in [1.82, 2.24) is 19.4 Å². The largest absolute Gasteiger partial charge is 0.337 e. The van der Waals surface area contributed by atoms with Crippen LogP contribution in [0.4, 0.5) is 0 Å². The van der Waals surface area contributed by atoms with Crippen molar-refractivity contribution in [2.75, 3.05) is 19.6 Å². The molecule has 0 saturated heterocycles. The van der Waals surface area contributed by atoms with Crippen molar-refractivity contribution in [3.05, 3.63) is 39.6 Å². The van der Waals surface area contributed by atoms with Gasteiger partial charge >= 0.3 is 0 Å². The number of rotatable bonds is 3. The predicted molar refractivity (Wildman–Crippen MR) is 92.9 cm³/mol. The molecule has 2 aliphatic heterocycles. The third kappa shape index (κ3) is 2.58. The summed E-state index contributed by atoms with van der Waals surface area (Å²) >= 11 is 1.82. The van der Waals surface area contributed by atoms with Crippen LogP contribution in [0.15, 0.2) is 17.8 Å². The first-order valence-corrected chi connectivity index (χ1v) is 9.76. The number of hydrogen-bond acceptors (Lipinski definition) is 4. The highest BCUT2D eigenvalue weighted by Crippen LogP contribution is 2.37. The first-order valence-electron chi connectivity index (χ1n) is 8.88. The smallest absolute Gasteiger partial charge is 0.237 e. The molecule has 4 heterocycles. The van der Waals surface area contributed by atoms with Gasteiger partial charge in [-0.25, -0.2) is 4.98 Å². The number of carbonyl (C=O) groups excluding carboxylic acids is 1. The summed E-state index contributed by atoms with van der Waals surface area (Å²) in [5.74, 6) is 0.261. The van der Waals surface area contributed by atoms with Gasteiger partial charge in [-0.05, 0) is 36.3 Å². The van der Waals surface area contributed by atoms with Gasteiger partial charge in [0.15, 0.2) is 0 Å². The van der Waals surface area contributed by atoms with Crippen molar-refractivity contribution < 1.29 is 4.79 Å². The number of amides is 1. The number of carbonyl (C=O) groups is 1. The summed E-state index contributed by atoms with van der Waals surface area (Å²) in [5, 5.41) is 2.14. The monoisotopic (exact) mass is 342 g/mol. The summed E-state index contributed by atoms with van der Waals surface area (Å²) in [7, 11) is 0. The molecule has 0 N–H and O–H groups in total. The Labute approximate surface area is 145 Å². The van der Waals surface area contributed by atoms with E-state index in [1.807, 2.05) is 22.6 Å². The van der Waals surface area contributed by atoms with E-state index in [-0.39, 0.29) is 5.91 Å². The first-order chi connectivity index (χ1) is 11.8. The highest BCUT2D eigenvalue weighted by atomic mass is 32.1. The summed E-state index contributed by atoms with van der Waals surface area (Å²) in [6.45, 7) is 3.96. The Bertz CT molecular complexity index is 776. The molecule has 1 aliphatic carbocycles. The van der Waals surface area contributed by atoms with E-state index in [9.17, 15) is 4.79 Å². The van der Waals surface area contributed by atoms with Crippen LogP contribution >= 0.6 is 11.3 Å². The highest BCUT2D eigenvalue weighted by molar-refractivity contribution is 7.10. The van der Waals surface area contributed by atoms with Gasteiger partial charge in [0.05, 0.1) is 18.6 Å². The van der Waals surface area contributed by atoms with Gasteiger partial charge in [0, 0.05) is 49.2 Å². The first kappa shape index (κ1) is 14.7. The summed E-state index contributed by atoms with van der Waals surface area (Å²) in [4.78, 5) is 23.0. The number of nitrogens with zero attached hydrogens (tertiary/aromatic N) is 4. The standard InChI is InChI=1S/C18H22N4OS/c23-18(21-7-4-17-13(9-21)5-8-24-17)11-20-6-3-16-15(10-20)19-12-22(16)14-1-2-14/h5,8,12,14H,1-4,6-7,9-11H2. The minimum atomic E-state index is 0.261. The zero-order valence-corrected chi connectivity index (χ0v) is 14.6. The molecule has 0 bridgehead atoms. The minimum absolute atomic E-state index is 0.261. The zero-order valence-electron chi connectivity index (χ0n) is 13.8. The number of hydrogen-bond donors (Lipinski definition) is 0. The maximum Gasteiger partial charge on any atom is 0.237 e. The quantitative estimate of drug-likeness (QED) is 0.859. The van der Waals surface area contributed by atoms with Crippen LogP contribution in [0.2, 0.25) is 0 Å². The number of thiophene rings is 1. The lowest BCUT2D eigenvalue weighted by Crippen LogP contribution is -2.44. The molecule has 5 rings (SSSR count). The molecule has 5 nitrogen and oxygen atoms in total. The number of aromatic nitrogens is 2. The van der Waals surface area contributed by atoms with E-state index in [2.05, 4.69) is 25.9 Å². The van der Waals surface area contributed by atoms with Crippen LogP contribution in [0.25, 0.3) is 0 Å². The zero-order chi connectivity index (χ0) is 16.1. The molecule has 24 heavy (non-hydrogen) atoms. The molecule has 1 amide bonds. The summed E-state index contributed by atoms with van der Waals surface area (Å²) in [6.07, 6.45) is 6.63. The minimum Gasteiger partial charge on any atom is -0.337 e. The van der Waals surface area contributed by atoms with Crippen molar-refractivity contribution in [3.8, 4) is 0 Å². The fraction of sp³-hybridized carbons (Fsp3) is 0.556. The molecular weight excluding hydrogens is 320 g/mol. The second-order valence-electron chi connectivity index (χ2n) is 7.17. The summed E-state index contributed by atoms with van der Waals surface area (Å²) in [5.41, 5.74) is 3.92. The van der Waals surface area contributed by atoms with Crippen LogP contribution in [0, 0.1) is 0 Å². The van der Waals surface area contributed by atoms with E-state index in [0.29, 0.717) is 12.6 Å². The van der Waals surface area contributed by atoms with E-state index >= 15 is 0 Å². The molecule has 0 spiro atoms. The lowest BCUT2D eigenvalue weighted by atomic mass is 10.1. The highest BCUT2D eigenvalue weighted by Gasteiger charge is 2.30. The SMILES string of the molecule is O=C(CN1CCc2c(ncn2C2CC2)C1)N1CCc2sccc2C1. The fourth-order valence-electron chi connectivity index (χ4n) is 3.94. The average Bonchev–Trinajstić information content (AvgIpc) is 3.18. The molecule has 1 fully saturated rings. The van der Waals surface area contributed by atoms with Gasteiger partial charge in [0.25, 0.3) is 0 Å². The van der Waals surface area contributed by atoms with Crippen LogP contribution in [0.1, 0.15) is 40.7 Å². The topological polar surface area (TPSA) is 41.4 Å². The molecule has 0 unspecified atom stereocenters. The second kappa shape index (κ2) is 5.70. The third-order valence-electron chi connectivity index (χ3n) is 5.48. The lowest BCUT2D eigenvalue weighted by molar-refractivity contribution is -0.133. The Morgan fingerprint density at radius 2 is 2.17 bits per heavy atom. The van der Waals surface area contributed by atoms with Gasteiger partial charge in [-0.2, -0.15) is 0 Å². The predicted octanol–water partition coefficient (Wildman–Crippen LogP) is 2.22. The van der Waals surface area contributed by atoms with Crippen molar-refractivity contribution in [2.45, 2.75) is 44.8 Å². The van der Waals surface area contributed by atoms with E-state index in [4.69, 9.17) is 0 Å². The normalized spacial score (nSPS) is 20.8. The van der Waals surface area contributed by atoms with Crippen LogP contribution in [-0.4, -0.2) is 44.9 Å². The molecule has 1 saturated carbocycles. The van der Waals surface area contributed by atoms with Crippen LogP contribution in [0.3, 0.4) is 0 Å². The van der Waals surface area contributed by atoms with Gasteiger partial charge in [0.2, 0.25) is 5.91 Å². The maximum atomic E-state index is 12.7. The molecule has 0 atom stereocenters. The van der Waals surface area contributed by atoms with Crippen molar-refractivity contribution in [3.63, 3.8) is 0 Å². The molecule has 0 radical (unpaired) electrons. The van der Waals surface area contributed by atoms with Gasteiger partial charge in [-0.3, -0.25) is 9.69 Å². The Kier molecular flexibility index (Phi) is 3.49. The Balaban J connectivity index is 1.23. The Morgan fingerprint density at radius 1 is 1.25 bits per heavy atom. The molecule has 3 aliphatic rings. The van der Waals surface area contributed by atoms with Gasteiger partial charge < -0.3 is 9.47 Å². The Hall–Kier alpha value is -1.66. The number of fused-ring (bicyclic) bond motifs is 2. The maximum absolute atomic E-state index is 12.7. The summed E-state index contributed by atoms with van der Waals surface area (Å²) in [6, 6.07) is 2.86. The fourth-order valence-corrected chi connectivity index (χ4v) is 4.83. The molecule has 2 aromatic heterocycles. The van der Waals surface area contributed by atoms with Gasteiger partial charge in [-0.1, -0.05) is 0 Å². The van der Waals surface area contributed by atoms with Gasteiger partial charge in [-0.15, -0.1) is 11.3 Å².